The molecular formula is C26H28Cl2N6O5. The van der Waals surface area contributed by atoms with Gasteiger partial charge in [-0.1, -0.05) is 29.8 Å². The first kappa shape index (κ1) is 27.2. The third-order valence-corrected chi connectivity index (χ3v) is 7.52. The smallest absolute Gasteiger partial charge is 0.260 e. The van der Waals surface area contributed by atoms with E-state index in [2.05, 4.69) is 32.1 Å². The van der Waals surface area contributed by atoms with Gasteiger partial charge in [-0.3, -0.25) is 19.1 Å². The quantitative estimate of drug-likeness (QED) is 0.352. The van der Waals surface area contributed by atoms with Gasteiger partial charge in [0.05, 0.1) is 55.1 Å². The summed E-state index contributed by atoms with van der Waals surface area (Å²) in [5.74, 6) is 0.856. The van der Waals surface area contributed by atoms with E-state index < -0.39 is 0 Å². The second-order valence-corrected chi connectivity index (χ2v) is 10.1. The van der Waals surface area contributed by atoms with E-state index in [0.29, 0.717) is 73.4 Å². The monoisotopic (exact) mass is 574 g/mol. The summed E-state index contributed by atoms with van der Waals surface area (Å²) in [5.41, 5.74) is 0.724. The Hall–Kier alpha value is -3.38. The second-order valence-electron chi connectivity index (χ2n) is 9.32. The third kappa shape index (κ3) is 5.40. The normalized spacial score (nSPS) is 15.9. The summed E-state index contributed by atoms with van der Waals surface area (Å²) in [6.45, 7) is 6.86. The number of nitrogens with one attached hydrogen (secondary N) is 2. The van der Waals surface area contributed by atoms with E-state index in [0.717, 1.165) is 0 Å². The number of hydrogen-bond acceptors (Lipinski definition) is 9. The number of hydrogen-bond donors (Lipinski definition) is 2. The molecule has 0 aliphatic carbocycles. The van der Waals surface area contributed by atoms with Gasteiger partial charge in [0, 0.05) is 49.4 Å². The van der Waals surface area contributed by atoms with Crippen LogP contribution in [0.4, 0.5) is 5.95 Å². The van der Waals surface area contributed by atoms with Gasteiger partial charge >= 0.3 is 0 Å². The molecule has 1 amide bonds. The van der Waals surface area contributed by atoms with Crippen LogP contribution in [0.3, 0.4) is 0 Å². The molecule has 0 radical (unpaired) electrons. The van der Waals surface area contributed by atoms with Gasteiger partial charge in [0.2, 0.25) is 11.9 Å². The zero-order valence-electron chi connectivity index (χ0n) is 21.5. The number of pyridine rings is 1. The number of nitrogens with zero attached hydrogens (tertiary/aromatic N) is 4. The molecule has 2 aliphatic rings. The fraction of sp³-hybridized carbons (Fsp3) is 0.385. The van der Waals surface area contributed by atoms with E-state index in [9.17, 15) is 9.59 Å². The molecule has 3 aromatic rings. The summed E-state index contributed by atoms with van der Waals surface area (Å²) in [4.78, 5) is 36.9. The van der Waals surface area contributed by atoms with E-state index in [1.807, 2.05) is 0 Å². The Morgan fingerprint density at radius 3 is 2.44 bits per heavy atom. The Kier molecular flexibility index (Phi) is 7.94. The van der Waals surface area contributed by atoms with Crippen molar-refractivity contribution in [3.8, 4) is 22.6 Å². The average Bonchev–Trinajstić information content (AvgIpc) is 2.88. The number of carbonyl (C=O) groups is 1. The van der Waals surface area contributed by atoms with Crippen LogP contribution in [0.1, 0.15) is 0 Å². The molecule has 2 N–H and O–H groups in total. The highest BCUT2D eigenvalue weighted by atomic mass is 35.5. The first-order chi connectivity index (χ1) is 18.8. The Labute approximate surface area is 234 Å². The molecule has 39 heavy (non-hydrogen) atoms. The third-order valence-electron chi connectivity index (χ3n) is 6.77. The zero-order chi connectivity index (χ0) is 27.7. The number of anilines is 1. The minimum atomic E-state index is -0.324. The molecule has 0 bridgehead atoms. The van der Waals surface area contributed by atoms with Gasteiger partial charge < -0.3 is 24.8 Å². The van der Waals surface area contributed by atoms with E-state index in [4.69, 9.17) is 37.4 Å². The lowest BCUT2D eigenvalue weighted by molar-refractivity contribution is -0.118. The lowest BCUT2D eigenvalue weighted by Gasteiger charge is -2.39. The summed E-state index contributed by atoms with van der Waals surface area (Å²) in [6.07, 6.45) is 2.91. The molecule has 0 atom stereocenters. The summed E-state index contributed by atoms with van der Waals surface area (Å²) < 4.78 is 17.7. The van der Waals surface area contributed by atoms with Gasteiger partial charge in [-0.15, -0.1) is 0 Å². The van der Waals surface area contributed by atoms with Crippen molar-refractivity contribution in [1.29, 1.82) is 0 Å². The second kappa shape index (κ2) is 11.4. The minimum absolute atomic E-state index is 0.0417. The SMILES string of the molecule is C=CC(=O)NC1CN(CCn2c(=O)c(-c3c(Cl)c(OC)cc(OC)c3Cl)cc3cnc(NC4COC4)nc32)C1. The first-order valence-corrected chi connectivity index (χ1v) is 13.1. The Bertz CT molecular complexity index is 1460. The zero-order valence-corrected chi connectivity index (χ0v) is 23.0. The van der Waals surface area contributed by atoms with Crippen molar-refractivity contribution in [1.82, 2.24) is 24.8 Å². The van der Waals surface area contributed by atoms with E-state index in [-0.39, 0.29) is 39.2 Å². The summed E-state index contributed by atoms with van der Waals surface area (Å²) in [5, 5.41) is 7.13. The van der Waals surface area contributed by atoms with Crippen LogP contribution in [0.5, 0.6) is 11.5 Å². The first-order valence-electron chi connectivity index (χ1n) is 12.3. The fourth-order valence-electron chi connectivity index (χ4n) is 4.58. The summed E-state index contributed by atoms with van der Waals surface area (Å²) in [7, 11) is 2.95. The topological polar surface area (TPSA) is 120 Å². The molecule has 2 aromatic heterocycles. The number of carbonyl (C=O) groups excluding carboxylic acids is 1. The van der Waals surface area contributed by atoms with Gasteiger partial charge in [0.15, 0.2) is 0 Å². The molecule has 2 saturated heterocycles. The highest BCUT2D eigenvalue weighted by molar-refractivity contribution is 6.41. The van der Waals surface area contributed by atoms with Crippen LogP contribution in [-0.2, 0) is 16.1 Å². The standard InChI is InChI=1S/C26H28Cl2N6O5/c1-4-20(35)30-15-10-33(11-15)5-6-34-24-14(9-29-26(32-24)31-16-12-39-13-16)7-17(25(34)36)21-22(27)18(37-2)8-19(38-3)23(21)28/h4,7-9,15-16H,1,5-6,10-13H2,2-3H3,(H,30,35)(H,29,31,32). The van der Waals surface area contributed by atoms with Crippen molar-refractivity contribution >= 4 is 46.1 Å². The van der Waals surface area contributed by atoms with Gasteiger partial charge in [-0.25, -0.2) is 4.98 Å². The number of rotatable bonds is 10. The molecule has 0 unspecified atom stereocenters. The Morgan fingerprint density at radius 1 is 1.15 bits per heavy atom. The Balaban J connectivity index is 1.54. The van der Waals surface area contributed by atoms with Gasteiger partial charge in [0.1, 0.15) is 17.1 Å². The van der Waals surface area contributed by atoms with Crippen molar-refractivity contribution in [3.05, 3.63) is 51.4 Å². The molecule has 13 heteroatoms. The van der Waals surface area contributed by atoms with E-state index >= 15 is 0 Å². The molecule has 206 valence electrons. The molecule has 2 fully saturated rings. The van der Waals surface area contributed by atoms with Crippen LogP contribution >= 0.6 is 23.2 Å². The lowest BCUT2D eigenvalue weighted by atomic mass is 10.0. The van der Waals surface area contributed by atoms with Crippen molar-refractivity contribution < 1.29 is 19.0 Å². The maximum Gasteiger partial charge on any atom is 0.260 e. The van der Waals surface area contributed by atoms with Gasteiger partial charge in [-0.05, 0) is 12.1 Å². The predicted octanol–water partition coefficient (Wildman–Crippen LogP) is 2.58. The minimum Gasteiger partial charge on any atom is -0.495 e. The van der Waals surface area contributed by atoms with Crippen LogP contribution in [-0.4, -0.2) is 84.5 Å². The molecular weight excluding hydrogens is 547 g/mol. The van der Waals surface area contributed by atoms with Crippen LogP contribution in [0.2, 0.25) is 10.0 Å². The van der Waals surface area contributed by atoms with Gasteiger partial charge in [0.25, 0.3) is 5.56 Å². The predicted molar refractivity (Wildman–Crippen MR) is 149 cm³/mol. The molecule has 1 aromatic carbocycles. The van der Waals surface area contributed by atoms with Crippen LogP contribution in [0.25, 0.3) is 22.2 Å². The molecule has 2 aliphatic heterocycles. The largest absolute Gasteiger partial charge is 0.495 e. The number of halogens is 2. The molecule has 11 nitrogen and oxygen atoms in total. The number of likely N-dealkylation sites (tertiary alicyclic amines) is 1. The maximum atomic E-state index is 14.0. The number of benzene rings is 1. The molecule has 0 spiro atoms. The van der Waals surface area contributed by atoms with Crippen molar-refractivity contribution in [3.63, 3.8) is 0 Å². The average molecular weight is 575 g/mol. The highest BCUT2D eigenvalue weighted by Gasteiger charge is 2.28. The van der Waals surface area contributed by atoms with E-state index in [1.165, 1.54) is 20.3 Å². The fourth-order valence-corrected chi connectivity index (χ4v) is 5.29. The van der Waals surface area contributed by atoms with Crippen LogP contribution < -0.4 is 25.7 Å². The summed E-state index contributed by atoms with van der Waals surface area (Å²) >= 11 is 13.3. The van der Waals surface area contributed by atoms with Crippen LogP contribution in [0, 0.1) is 0 Å². The molecule has 0 saturated carbocycles. The highest BCUT2D eigenvalue weighted by Crippen LogP contribution is 2.45. The molecule has 5 rings (SSSR count). The molecule has 4 heterocycles. The summed E-state index contributed by atoms with van der Waals surface area (Å²) in [6, 6.07) is 3.41. The lowest BCUT2D eigenvalue weighted by Crippen LogP contribution is -2.59. The van der Waals surface area contributed by atoms with Gasteiger partial charge in [-0.2, -0.15) is 4.98 Å². The number of methoxy groups -OCH3 is 2. The van der Waals surface area contributed by atoms with E-state index in [1.54, 1.807) is 22.9 Å². The van der Waals surface area contributed by atoms with Crippen molar-refractivity contribution in [2.75, 3.05) is 52.4 Å². The number of ether oxygens (including phenoxy) is 3. The van der Waals surface area contributed by atoms with Crippen LogP contribution in [0.15, 0.2) is 35.8 Å². The number of aromatic nitrogens is 3. The van der Waals surface area contributed by atoms with Crippen molar-refractivity contribution in [2.45, 2.75) is 18.6 Å². The maximum absolute atomic E-state index is 14.0. The van der Waals surface area contributed by atoms with Crippen molar-refractivity contribution in [2.24, 2.45) is 0 Å². The number of fused-ring (bicyclic) bond motifs is 1. The number of amides is 1. The Morgan fingerprint density at radius 2 is 1.85 bits per heavy atom.